The molecule has 4 aromatic rings. The minimum Gasteiger partial charge on any atom is -0.497 e. The van der Waals surface area contributed by atoms with Crippen LogP contribution in [0.1, 0.15) is 39.0 Å². The van der Waals surface area contributed by atoms with Crippen LogP contribution in [0.2, 0.25) is 0 Å². The zero-order chi connectivity index (χ0) is 38.3. The van der Waals surface area contributed by atoms with Crippen molar-refractivity contribution < 1.29 is 32.6 Å². The lowest BCUT2D eigenvalue weighted by Crippen LogP contribution is -2.57. The summed E-state index contributed by atoms with van der Waals surface area (Å²) in [6.07, 6.45) is -1.04. The summed E-state index contributed by atoms with van der Waals surface area (Å²) in [4.78, 5) is 36.2. The molecule has 0 saturated carbocycles. The fraction of sp³-hybridized carbons (Fsp3) is 0.425. The molecule has 3 amide bonds. The number of sulfonamides is 1. The topological polar surface area (TPSA) is 142 Å². The van der Waals surface area contributed by atoms with Crippen molar-refractivity contribution in [1.29, 1.82) is 0 Å². The molecule has 1 saturated heterocycles. The summed E-state index contributed by atoms with van der Waals surface area (Å²) in [6.45, 7) is 8.44. The van der Waals surface area contributed by atoms with Gasteiger partial charge in [0.2, 0.25) is 15.9 Å². The van der Waals surface area contributed by atoms with Gasteiger partial charge in [-0.25, -0.2) is 13.2 Å². The van der Waals surface area contributed by atoms with Crippen molar-refractivity contribution in [2.45, 2.75) is 63.7 Å². The highest BCUT2D eigenvalue weighted by Gasteiger charge is 2.40. The van der Waals surface area contributed by atoms with Crippen LogP contribution in [0.25, 0.3) is 10.9 Å². The van der Waals surface area contributed by atoms with Gasteiger partial charge < -0.3 is 29.7 Å². The molecule has 0 radical (unpaired) electrons. The predicted molar refractivity (Wildman–Crippen MR) is 204 cm³/mol. The van der Waals surface area contributed by atoms with Crippen molar-refractivity contribution in [3.05, 3.63) is 96.2 Å². The van der Waals surface area contributed by atoms with E-state index < -0.39 is 34.1 Å². The molecule has 284 valence electrons. The Morgan fingerprint density at radius 3 is 2.25 bits per heavy atom. The molecule has 13 heteroatoms. The lowest BCUT2D eigenvalue weighted by molar-refractivity contribution is -0.128. The number of amides is 3. The van der Waals surface area contributed by atoms with Crippen molar-refractivity contribution in [1.82, 2.24) is 24.4 Å². The summed E-state index contributed by atoms with van der Waals surface area (Å²) in [6, 6.07) is 23.0. The second-order valence-corrected chi connectivity index (χ2v) is 16.1. The zero-order valence-corrected chi connectivity index (χ0v) is 32.1. The number of pyridine rings is 1. The number of aromatic nitrogens is 1. The Morgan fingerprint density at radius 1 is 0.925 bits per heavy atom. The van der Waals surface area contributed by atoms with Crippen LogP contribution in [0.15, 0.2) is 89.8 Å². The standard InChI is InChI=1S/C40H51N5O7S/c1-27(2)24-44(53(49,50)32-18-16-31(51-5)17-19-32)26-36(46)35(22-29-12-8-7-9-13-29)42-39(47)38(28(3)4)45-21-20-43(40(45)48)25-30-23-37(52-6)33-14-10-11-15-34(33)41-30/h7-19,23,27-28,35-36,38,46H,20-22,24-26H2,1-6H3,(H,42,47)/t35-,36-,38-/m0/s1. The number of urea groups is 1. The number of rotatable bonds is 17. The van der Waals surface area contributed by atoms with Crippen molar-refractivity contribution in [3.63, 3.8) is 0 Å². The molecule has 1 aromatic heterocycles. The lowest BCUT2D eigenvalue weighted by Gasteiger charge is -2.34. The van der Waals surface area contributed by atoms with Gasteiger partial charge in [0.15, 0.2) is 0 Å². The molecule has 0 bridgehead atoms. The molecule has 2 heterocycles. The van der Waals surface area contributed by atoms with Crippen LogP contribution in [0, 0.1) is 11.8 Å². The quantitative estimate of drug-likeness (QED) is 0.155. The van der Waals surface area contributed by atoms with E-state index in [0.29, 0.717) is 30.3 Å². The molecule has 1 fully saturated rings. The number of methoxy groups -OCH3 is 2. The number of carbonyl (C=O) groups is 2. The number of nitrogens with one attached hydrogen (secondary N) is 1. The van der Waals surface area contributed by atoms with Gasteiger partial charge in [0, 0.05) is 37.6 Å². The Bertz CT molecular complexity index is 1960. The van der Waals surface area contributed by atoms with Crippen molar-refractivity contribution in [2.24, 2.45) is 11.8 Å². The summed E-state index contributed by atoms with van der Waals surface area (Å²) < 4.78 is 39.9. The summed E-state index contributed by atoms with van der Waals surface area (Å²) in [5.74, 6) is 0.460. The Morgan fingerprint density at radius 2 is 1.60 bits per heavy atom. The molecule has 0 spiro atoms. The van der Waals surface area contributed by atoms with Gasteiger partial charge >= 0.3 is 6.03 Å². The highest BCUT2D eigenvalue weighted by atomic mass is 32.2. The molecule has 53 heavy (non-hydrogen) atoms. The minimum absolute atomic E-state index is 0.0438. The van der Waals surface area contributed by atoms with Crippen LogP contribution in [-0.4, -0.2) is 103 Å². The first kappa shape index (κ1) is 39.5. The highest BCUT2D eigenvalue weighted by Crippen LogP contribution is 2.28. The van der Waals surface area contributed by atoms with E-state index in [4.69, 9.17) is 14.5 Å². The SMILES string of the molecule is COc1ccc(S(=O)(=O)N(CC(C)C)C[C@H](O)[C@H](Cc2ccccc2)NC(=O)[C@H](C(C)C)N2CCN(Cc3cc(OC)c4ccccc4n3)C2=O)cc1. The number of fused-ring (bicyclic) bond motifs is 1. The maximum Gasteiger partial charge on any atom is 0.321 e. The van der Waals surface area contributed by atoms with E-state index in [1.54, 1.807) is 29.0 Å². The Labute approximate surface area is 312 Å². The van der Waals surface area contributed by atoms with E-state index in [1.165, 1.54) is 23.5 Å². The maximum atomic E-state index is 14.3. The van der Waals surface area contributed by atoms with Gasteiger partial charge in [-0.2, -0.15) is 4.31 Å². The molecule has 0 unspecified atom stereocenters. The average molecular weight is 746 g/mol. The van der Waals surface area contributed by atoms with E-state index in [2.05, 4.69) is 5.32 Å². The fourth-order valence-corrected chi connectivity index (χ4v) is 8.40. The Kier molecular flexibility index (Phi) is 13.0. The van der Waals surface area contributed by atoms with Crippen molar-refractivity contribution in [3.8, 4) is 11.5 Å². The summed E-state index contributed by atoms with van der Waals surface area (Å²) in [5, 5.41) is 15.7. The van der Waals surface area contributed by atoms with E-state index in [1.807, 2.05) is 88.4 Å². The summed E-state index contributed by atoms with van der Waals surface area (Å²) >= 11 is 0. The number of aliphatic hydroxyl groups excluding tert-OH is 1. The normalized spacial score (nSPS) is 15.3. The number of carbonyl (C=O) groups excluding carboxylic acids is 2. The predicted octanol–water partition coefficient (Wildman–Crippen LogP) is 4.95. The van der Waals surface area contributed by atoms with E-state index >= 15 is 0 Å². The number of nitrogens with zero attached hydrogens (tertiary/aromatic N) is 4. The van der Waals surface area contributed by atoms with Crippen molar-refractivity contribution >= 4 is 32.9 Å². The second-order valence-electron chi connectivity index (χ2n) is 14.2. The summed E-state index contributed by atoms with van der Waals surface area (Å²) in [5.41, 5.74) is 2.28. The van der Waals surface area contributed by atoms with Gasteiger partial charge in [0.05, 0.1) is 49.0 Å². The number of hydrogen-bond donors (Lipinski definition) is 2. The monoisotopic (exact) mass is 745 g/mol. The molecule has 3 atom stereocenters. The molecule has 2 N–H and O–H groups in total. The van der Waals surface area contributed by atoms with Crippen LogP contribution < -0.4 is 14.8 Å². The first-order chi connectivity index (χ1) is 25.3. The van der Waals surface area contributed by atoms with Crippen molar-refractivity contribution in [2.75, 3.05) is 40.4 Å². The lowest BCUT2D eigenvalue weighted by atomic mass is 9.97. The Hall–Kier alpha value is -4.72. The van der Waals surface area contributed by atoms with Gasteiger partial charge in [-0.15, -0.1) is 0 Å². The second kappa shape index (κ2) is 17.4. The number of hydrogen-bond acceptors (Lipinski definition) is 8. The van der Waals surface area contributed by atoms with E-state index in [9.17, 15) is 23.1 Å². The number of aliphatic hydroxyl groups is 1. The maximum absolute atomic E-state index is 14.3. The molecule has 3 aromatic carbocycles. The molecular weight excluding hydrogens is 695 g/mol. The largest absolute Gasteiger partial charge is 0.497 e. The number of para-hydroxylation sites is 1. The van der Waals surface area contributed by atoms with Gasteiger partial charge in [0.1, 0.15) is 17.5 Å². The van der Waals surface area contributed by atoms with Crippen LogP contribution in [-0.2, 0) is 27.8 Å². The minimum atomic E-state index is -4.02. The van der Waals surface area contributed by atoms with Crippen LogP contribution >= 0.6 is 0 Å². The molecule has 1 aliphatic rings. The molecule has 12 nitrogen and oxygen atoms in total. The van der Waals surface area contributed by atoms with Gasteiger partial charge in [-0.1, -0.05) is 70.2 Å². The van der Waals surface area contributed by atoms with Gasteiger partial charge in [0.25, 0.3) is 0 Å². The third kappa shape index (κ3) is 9.45. The Balaban J connectivity index is 1.36. The van der Waals surface area contributed by atoms with E-state index in [-0.39, 0.29) is 48.8 Å². The average Bonchev–Trinajstić information content (AvgIpc) is 3.48. The van der Waals surface area contributed by atoms with Crippen LogP contribution in [0.3, 0.4) is 0 Å². The number of ether oxygens (including phenoxy) is 2. The highest BCUT2D eigenvalue weighted by molar-refractivity contribution is 7.89. The van der Waals surface area contributed by atoms with Crippen LogP contribution in [0.4, 0.5) is 4.79 Å². The number of benzene rings is 3. The first-order valence-corrected chi connectivity index (χ1v) is 19.4. The third-order valence-corrected chi connectivity index (χ3v) is 11.3. The molecule has 5 rings (SSSR count). The fourth-order valence-electron chi connectivity index (χ4n) is 6.78. The molecular formula is C40H51N5O7S. The first-order valence-electron chi connectivity index (χ1n) is 18.0. The van der Waals surface area contributed by atoms with Gasteiger partial charge in [-0.05, 0) is 60.2 Å². The third-order valence-electron chi connectivity index (χ3n) is 9.41. The smallest absolute Gasteiger partial charge is 0.321 e. The van der Waals surface area contributed by atoms with Crippen LogP contribution in [0.5, 0.6) is 11.5 Å². The molecule has 0 aliphatic carbocycles. The molecule has 1 aliphatic heterocycles. The van der Waals surface area contributed by atoms with E-state index in [0.717, 1.165) is 16.5 Å². The zero-order valence-electron chi connectivity index (χ0n) is 31.3. The van der Waals surface area contributed by atoms with Gasteiger partial charge in [-0.3, -0.25) is 9.78 Å². The summed E-state index contributed by atoms with van der Waals surface area (Å²) in [7, 11) is -0.908.